The van der Waals surface area contributed by atoms with Gasteiger partial charge in [0.2, 0.25) is 5.88 Å². The molecule has 0 aliphatic carbocycles. The molecule has 16 heavy (non-hydrogen) atoms. The summed E-state index contributed by atoms with van der Waals surface area (Å²) in [6.45, 7) is 1.64. The van der Waals surface area contributed by atoms with E-state index in [0.29, 0.717) is 18.1 Å². The number of nitrogens with zero attached hydrogens (tertiary/aromatic N) is 2. The minimum Gasteiger partial charge on any atom is -0.478 e. The molecule has 1 aromatic heterocycles. The van der Waals surface area contributed by atoms with Crippen LogP contribution >= 0.6 is 0 Å². The molecule has 0 aliphatic heterocycles. The molecule has 1 aromatic rings. The molecule has 3 N–H and O–H groups in total. The van der Waals surface area contributed by atoms with Gasteiger partial charge in [-0.2, -0.15) is 0 Å². The van der Waals surface area contributed by atoms with Crippen LogP contribution in [0.5, 0.6) is 5.88 Å². The van der Waals surface area contributed by atoms with Crippen LogP contribution in [0.25, 0.3) is 0 Å². The van der Waals surface area contributed by atoms with Crippen molar-refractivity contribution in [1.82, 2.24) is 9.88 Å². The Kier molecular flexibility index (Phi) is 4.72. The fraction of sp³-hybridized carbons (Fsp3) is 0.455. The van der Waals surface area contributed by atoms with E-state index in [0.717, 1.165) is 13.0 Å². The van der Waals surface area contributed by atoms with Gasteiger partial charge in [0.15, 0.2) is 0 Å². The zero-order chi connectivity index (χ0) is 12.0. The molecule has 0 aromatic carbocycles. The van der Waals surface area contributed by atoms with E-state index in [1.54, 1.807) is 18.3 Å². The Morgan fingerprint density at radius 1 is 1.50 bits per heavy atom. The molecule has 5 heteroatoms. The summed E-state index contributed by atoms with van der Waals surface area (Å²) in [6, 6.07) is 3.46. The second kappa shape index (κ2) is 6.07. The van der Waals surface area contributed by atoms with E-state index in [9.17, 15) is 0 Å². The minimum atomic E-state index is 0.0201. The fourth-order valence-electron chi connectivity index (χ4n) is 1.18. The Morgan fingerprint density at radius 3 is 2.75 bits per heavy atom. The highest BCUT2D eigenvalue weighted by molar-refractivity contribution is 5.94. The van der Waals surface area contributed by atoms with E-state index in [-0.39, 0.29) is 5.84 Å². The molecular formula is C11H18N4O. The lowest BCUT2D eigenvalue weighted by Gasteiger charge is -2.09. The maximum absolute atomic E-state index is 7.21. The molecule has 0 radical (unpaired) electrons. The normalized spacial score (nSPS) is 10.4. The lowest BCUT2D eigenvalue weighted by Crippen LogP contribution is -2.16. The highest BCUT2D eigenvalue weighted by atomic mass is 16.5. The van der Waals surface area contributed by atoms with Gasteiger partial charge in [-0.15, -0.1) is 0 Å². The first-order valence-corrected chi connectivity index (χ1v) is 5.17. The van der Waals surface area contributed by atoms with E-state index in [1.807, 2.05) is 14.1 Å². The van der Waals surface area contributed by atoms with Crippen molar-refractivity contribution in [2.75, 3.05) is 27.2 Å². The molecule has 0 aliphatic rings. The first-order chi connectivity index (χ1) is 7.59. The van der Waals surface area contributed by atoms with Gasteiger partial charge in [0.1, 0.15) is 5.84 Å². The van der Waals surface area contributed by atoms with Crippen LogP contribution in [0.3, 0.4) is 0 Å². The van der Waals surface area contributed by atoms with Crippen LogP contribution in [-0.2, 0) is 0 Å². The molecule has 0 bridgehead atoms. The van der Waals surface area contributed by atoms with E-state index >= 15 is 0 Å². The van der Waals surface area contributed by atoms with Crippen LogP contribution < -0.4 is 10.5 Å². The molecule has 0 saturated carbocycles. The molecule has 0 unspecified atom stereocenters. The van der Waals surface area contributed by atoms with Gasteiger partial charge in [-0.1, -0.05) is 0 Å². The second-order valence-electron chi connectivity index (χ2n) is 3.80. The van der Waals surface area contributed by atoms with Crippen molar-refractivity contribution >= 4 is 5.84 Å². The average molecular weight is 222 g/mol. The van der Waals surface area contributed by atoms with E-state index in [4.69, 9.17) is 15.9 Å². The maximum atomic E-state index is 7.21. The van der Waals surface area contributed by atoms with Crippen LogP contribution in [0, 0.1) is 5.41 Å². The zero-order valence-electron chi connectivity index (χ0n) is 9.73. The Hall–Kier alpha value is -1.62. The Bertz CT molecular complexity index is 334. The summed E-state index contributed by atoms with van der Waals surface area (Å²) in [7, 11) is 4.06. The highest BCUT2D eigenvalue weighted by Gasteiger charge is 1.99. The summed E-state index contributed by atoms with van der Waals surface area (Å²) in [6.07, 6.45) is 2.51. The molecule has 0 atom stereocenters. The topological polar surface area (TPSA) is 75.2 Å². The van der Waals surface area contributed by atoms with Crippen LogP contribution in [0.15, 0.2) is 18.3 Å². The number of aromatic nitrogens is 1. The van der Waals surface area contributed by atoms with Gasteiger partial charge in [0, 0.05) is 24.4 Å². The largest absolute Gasteiger partial charge is 0.478 e. The summed E-state index contributed by atoms with van der Waals surface area (Å²) in [5.41, 5.74) is 5.93. The third-order valence-electron chi connectivity index (χ3n) is 2.05. The summed E-state index contributed by atoms with van der Waals surface area (Å²) in [4.78, 5) is 6.17. The van der Waals surface area contributed by atoms with Gasteiger partial charge in [-0.3, -0.25) is 5.41 Å². The number of ether oxygens (including phenoxy) is 1. The standard InChI is InChI=1S/C11H18N4O/c1-15(2)6-3-7-16-10-5-4-9(8-14-10)11(12)13/h4-5,8H,3,6-7H2,1-2H3,(H3,12,13). The van der Waals surface area contributed by atoms with Crippen LogP contribution in [0.1, 0.15) is 12.0 Å². The Labute approximate surface area is 95.7 Å². The monoisotopic (exact) mass is 222 g/mol. The van der Waals surface area contributed by atoms with Gasteiger partial charge in [-0.25, -0.2) is 4.98 Å². The number of hydrogen-bond acceptors (Lipinski definition) is 4. The van der Waals surface area contributed by atoms with Crippen molar-refractivity contribution in [2.24, 2.45) is 5.73 Å². The molecule has 1 rings (SSSR count). The smallest absolute Gasteiger partial charge is 0.213 e. The summed E-state index contributed by atoms with van der Waals surface area (Å²) < 4.78 is 5.44. The van der Waals surface area contributed by atoms with Gasteiger partial charge < -0.3 is 15.4 Å². The van der Waals surface area contributed by atoms with Crippen LogP contribution in [-0.4, -0.2) is 43.0 Å². The quantitative estimate of drug-likeness (QED) is 0.422. The lowest BCUT2D eigenvalue weighted by molar-refractivity contribution is 0.273. The van der Waals surface area contributed by atoms with Crippen LogP contribution in [0.4, 0.5) is 0 Å². The zero-order valence-corrected chi connectivity index (χ0v) is 9.73. The fourth-order valence-corrected chi connectivity index (χ4v) is 1.18. The van der Waals surface area contributed by atoms with Crippen molar-refractivity contribution in [2.45, 2.75) is 6.42 Å². The lowest BCUT2D eigenvalue weighted by atomic mass is 10.3. The van der Waals surface area contributed by atoms with Crippen LogP contribution in [0.2, 0.25) is 0 Å². The maximum Gasteiger partial charge on any atom is 0.213 e. The first kappa shape index (κ1) is 12.4. The minimum absolute atomic E-state index is 0.0201. The van der Waals surface area contributed by atoms with Gasteiger partial charge >= 0.3 is 0 Å². The number of nitrogens with two attached hydrogens (primary N) is 1. The number of nitrogen functional groups attached to an aromatic ring is 1. The number of amidine groups is 1. The van der Waals surface area contributed by atoms with Crippen molar-refractivity contribution in [3.8, 4) is 5.88 Å². The highest BCUT2D eigenvalue weighted by Crippen LogP contribution is 2.07. The molecule has 0 spiro atoms. The van der Waals surface area contributed by atoms with Crippen molar-refractivity contribution in [3.63, 3.8) is 0 Å². The van der Waals surface area contributed by atoms with Crippen molar-refractivity contribution < 1.29 is 4.74 Å². The summed E-state index contributed by atoms with van der Waals surface area (Å²) >= 11 is 0. The molecule has 1 heterocycles. The van der Waals surface area contributed by atoms with Gasteiger partial charge in [-0.05, 0) is 26.6 Å². The molecule has 0 saturated heterocycles. The third kappa shape index (κ3) is 4.27. The Morgan fingerprint density at radius 2 is 2.25 bits per heavy atom. The number of nitrogens with one attached hydrogen (secondary N) is 1. The molecule has 5 nitrogen and oxygen atoms in total. The number of hydrogen-bond donors (Lipinski definition) is 2. The molecule has 88 valence electrons. The predicted octanol–water partition coefficient (Wildman–Crippen LogP) is 0.696. The van der Waals surface area contributed by atoms with E-state index in [1.165, 1.54) is 0 Å². The Balaban J connectivity index is 2.35. The summed E-state index contributed by atoms with van der Waals surface area (Å²) in [5.74, 6) is 0.593. The van der Waals surface area contributed by atoms with Gasteiger partial charge in [0.05, 0.1) is 6.61 Å². The van der Waals surface area contributed by atoms with Crippen molar-refractivity contribution in [3.05, 3.63) is 23.9 Å². The molecule has 0 fully saturated rings. The van der Waals surface area contributed by atoms with Gasteiger partial charge in [0.25, 0.3) is 0 Å². The molecular weight excluding hydrogens is 204 g/mol. The summed E-state index contributed by atoms with van der Waals surface area (Å²) in [5, 5.41) is 7.21. The predicted molar refractivity (Wildman–Crippen MR) is 63.9 cm³/mol. The first-order valence-electron chi connectivity index (χ1n) is 5.17. The number of pyridine rings is 1. The average Bonchev–Trinajstić information content (AvgIpc) is 2.25. The van der Waals surface area contributed by atoms with E-state index in [2.05, 4.69) is 9.88 Å². The SMILES string of the molecule is CN(C)CCCOc1ccc(C(=N)N)cn1. The number of rotatable bonds is 6. The molecule has 0 amide bonds. The van der Waals surface area contributed by atoms with E-state index < -0.39 is 0 Å². The van der Waals surface area contributed by atoms with Crippen molar-refractivity contribution in [1.29, 1.82) is 5.41 Å². The second-order valence-corrected chi connectivity index (χ2v) is 3.80. The third-order valence-corrected chi connectivity index (χ3v) is 2.05.